The van der Waals surface area contributed by atoms with Gasteiger partial charge >= 0.3 is 5.97 Å². The summed E-state index contributed by atoms with van der Waals surface area (Å²) in [4.78, 5) is 20.8. The summed E-state index contributed by atoms with van der Waals surface area (Å²) in [5.41, 5.74) is 2.16. The molecule has 0 fully saturated rings. The number of nitrogens with zero attached hydrogens (tertiary/aromatic N) is 4. The van der Waals surface area contributed by atoms with Crippen LogP contribution in [0.25, 0.3) is 17.5 Å². The van der Waals surface area contributed by atoms with Gasteiger partial charge in [-0.3, -0.25) is 4.98 Å². The minimum atomic E-state index is -0.560. The van der Waals surface area contributed by atoms with Crippen molar-refractivity contribution in [2.45, 2.75) is 5.22 Å². The molecular weight excluding hydrogens is 396 g/mol. The summed E-state index contributed by atoms with van der Waals surface area (Å²) in [6.45, 7) is 0. The second-order valence-corrected chi connectivity index (χ2v) is 6.73. The first-order chi connectivity index (χ1) is 14.1. The number of thioether (sulfide) groups is 1. The fourth-order valence-electron chi connectivity index (χ4n) is 2.52. The molecule has 1 N–H and O–H groups in total. The minimum Gasteiger partial charge on any atom is -0.504 e. The van der Waals surface area contributed by atoms with Gasteiger partial charge < -0.3 is 19.1 Å². The van der Waals surface area contributed by atoms with Crippen molar-refractivity contribution in [1.82, 2.24) is 15.2 Å². The minimum absolute atomic E-state index is 0.00879. The van der Waals surface area contributed by atoms with Crippen molar-refractivity contribution in [3.05, 3.63) is 53.9 Å². The molecule has 0 aliphatic carbocycles. The van der Waals surface area contributed by atoms with E-state index in [2.05, 4.69) is 20.3 Å². The average Bonchev–Trinajstić information content (AvgIpc) is 3.36. The van der Waals surface area contributed by atoms with Crippen molar-refractivity contribution in [1.29, 1.82) is 0 Å². The van der Waals surface area contributed by atoms with Gasteiger partial charge in [0.1, 0.15) is 5.71 Å². The molecule has 3 heterocycles. The monoisotopic (exact) mass is 410 g/mol. The van der Waals surface area contributed by atoms with Crippen LogP contribution < -0.4 is 4.74 Å². The Kier molecular flexibility index (Phi) is 5.25. The number of phenols is 1. The van der Waals surface area contributed by atoms with Crippen molar-refractivity contribution in [3.63, 3.8) is 0 Å². The second kappa shape index (κ2) is 8.15. The summed E-state index contributed by atoms with van der Waals surface area (Å²) < 4.78 is 10.7. The zero-order valence-corrected chi connectivity index (χ0v) is 15.9. The Morgan fingerprint density at radius 2 is 2.03 bits per heavy atom. The maximum atomic E-state index is 12.1. The molecular formula is C19H14N4O5S. The number of carbonyl (C=O) groups excluding carboxylic acids is 1. The molecule has 0 atom stereocenters. The summed E-state index contributed by atoms with van der Waals surface area (Å²) in [5.74, 6) is 0.422. The first-order valence-electron chi connectivity index (χ1n) is 8.38. The van der Waals surface area contributed by atoms with Crippen LogP contribution in [-0.2, 0) is 9.63 Å². The van der Waals surface area contributed by atoms with Crippen LogP contribution in [0.4, 0.5) is 0 Å². The average molecular weight is 410 g/mol. The van der Waals surface area contributed by atoms with Gasteiger partial charge in [-0.05, 0) is 35.9 Å². The number of carbonyl (C=O) groups is 1. The van der Waals surface area contributed by atoms with Gasteiger partial charge in [0.05, 0.1) is 12.7 Å². The van der Waals surface area contributed by atoms with E-state index in [4.69, 9.17) is 14.0 Å². The van der Waals surface area contributed by atoms with E-state index in [1.807, 2.05) is 0 Å². The highest BCUT2D eigenvalue weighted by atomic mass is 32.2. The van der Waals surface area contributed by atoms with Gasteiger partial charge in [-0.2, -0.15) is 0 Å². The third-order valence-corrected chi connectivity index (χ3v) is 4.78. The standard InChI is InChI=1S/C19H14N4O5S/c1-26-16-9-11(2-3-15(16)24)8-13-14(23-28-18(13)25)10-29-19-22-21-17(27-19)12-4-6-20-7-5-12/h2-9,24H,10H2,1H3. The molecule has 0 saturated carbocycles. The Hall–Kier alpha value is -3.66. The van der Waals surface area contributed by atoms with Crippen LogP contribution in [0, 0.1) is 0 Å². The number of benzene rings is 1. The predicted octanol–water partition coefficient (Wildman–Crippen LogP) is 2.93. The van der Waals surface area contributed by atoms with Crippen LogP contribution in [0.2, 0.25) is 0 Å². The summed E-state index contributed by atoms with van der Waals surface area (Å²) in [7, 11) is 1.45. The molecule has 10 heteroatoms. The maximum absolute atomic E-state index is 12.1. The summed E-state index contributed by atoms with van der Waals surface area (Å²) in [5, 5.41) is 21.9. The fourth-order valence-corrected chi connectivity index (χ4v) is 3.22. The van der Waals surface area contributed by atoms with Crippen LogP contribution in [0.15, 0.2) is 63.1 Å². The number of methoxy groups -OCH3 is 1. The largest absolute Gasteiger partial charge is 0.504 e. The summed E-state index contributed by atoms with van der Waals surface area (Å²) >= 11 is 1.24. The number of phenolic OH excluding ortho intramolecular Hbond substituents is 1. The zero-order valence-electron chi connectivity index (χ0n) is 15.1. The van der Waals surface area contributed by atoms with Gasteiger partial charge in [0.25, 0.3) is 5.22 Å². The van der Waals surface area contributed by atoms with E-state index in [-0.39, 0.29) is 5.75 Å². The first kappa shape index (κ1) is 18.7. The van der Waals surface area contributed by atoms with Gasteiger partial charge in [-0.15, -0.1) is 10.2 Å². The molecule has 2 aromatic heterocycles. The number of rotatable bonds is 6. The molecule has 0 spiro atoms. The summed E-state index contributed by atoms with van der Waals surface area (Å²) in [6.07, 6.45) is 4.89. The Morgan fingerprint density at radius 1 is 1.21 bits per heavy atom. The van der Waals surface area contributed by atoms with Crippen molar-refractivity contribution >= 4 is 29.5 Å². The third kappa shape index (κ3) is 4.11. The highest BCUT2D eigenvalue weighted by Crippen LogP contribution is 2.29. The second-order valence-electron chi connectivity index (χ2n) is 5.80. The maximum Gasteiger partial charge on any atom is 0.367 e. The van der Waals surface area contributed by atoms with Crippen molar-refractivity contribution in [2.24, 2.45) is 5.16 Å². The SMILES string of the molecule is COc1cc(C=C2C(=O)ON=C2CSc2nnc(-c3ccncc3)o2)ccc1O. The number of aromatic hydroxyl groups is 1. The van der Waals surface area contributed by atoms with Crippen LogP contribution in [0.5, 0.6) is 11.5 Å². The molecule has 0 radical (unpaired) electrons. The fraction of sp³-hybridized carbons (Fsp3) is 0.105. The van der Waals surface area contributed by atoms with Crippen molar-refractivity contribution in [2.75, 3.05) is 12.9 Å². The molecule has 3 aromatic rings. The quantitative estimate of drug-likeness (QED) is 0.371. The number of oxime groups is 1. The molecule has 1 aliphatic rings. The molecule has 146 valence electrons. The first-order valence-corrected chi connectivity index (χ1v) is 9.36. The Balaban J connectivity index is 1.49. The highest BCUT2D eigenvalue weighted by Gasteiger charge is 2.26. The van der Waals surface area contributed by atoms with Crippen molar-refractivity contribution < 1.29 is 23.9 Å². The molecule has 1 aromatic carbocycles. The lowest BCUT2D eigenvalue weighted by molar-refractivity contribution is -0.136. The molecule has 0 amide bonds. The number of hydrogen-bond donors (Lipinski definition) is 1. The van der Waals surface area contributed by atoms with E-state index >= 15 is 0 Å². The van der Waals surface area contributed by atoms with Crippen LogP contribution >= 0.6 is 11.8 Å². The third-order valence-electron chi connectivity index (χ3n) is 3.95. The predicted molar refractivity (Wildman–Crippen MR) is 104 cm³/mol. The molecule has 0 unspecified atom stereocenters. The Morgan fingerprint density at radius 3 is 2.83 bits per heavy atom. The van der Waals surface area contributed by atoms with E-state index in [1.165, 1.54) is 24.9 Å². The van der Waals surface area contributed by atoms with E-state index in [9.17, 15) is 9.90 Å². The van der Waals surface area contributed by atoms with Crippen LogP contribution in [-0.4, -0.2) is 44.8 Å². The molecule has 9 nitrogen and oxygen atoms in total. The number of pyridine rings is 1. The van der Waals surface area contributed by atoms with Gasteiger partial charge in [-0.1, -0.05) is 23.0 Å². The smallest absolute Gasteiger partial charge is 0.367 e. The number of aromatic nitrogens is 3. The molecule has 0 bridgehead atoms. The highest BCUT2D eigenvalue weighted by molar-refractivity contribution is 7.99. The lowest BCUT2D eigenvalue weighted by Gasteiger charge is -2.04. The van der Waals surface area contributed by atoms with E-state index < -0.39 is 5.97 Å². The lowest BCUT2D eigenvalue weighted by atomic mass is 10.1. The van der Waals surface area contributed by atoms with Crippen molar-refractivity contribution in [3.8, 4) is 23.0 Å². The van der Waals surface area contributed by atoms with Gasteiger partial charge in [0, 0.05) is 23.7 Å². The topological polar surface area (TPSA) is 120 Å². The molecule has 1 aliphatic heterocycles. The Bertz CT molecular complexity index is 1110. The van der Waals surface area contributed by atoms with Crippen LogP contribution in [0.3, 0.4) is 0 Å². The normalized spacial score (nSPS) is 14.7. The van der Waals surface area contributed by atoms with Gasteiger partial charge in [0.2, 0.25) is 5.89 Å². The van der Waals surface area contributed by atoms with E-state index in [1.54, 1.807) is 42.7 Å². The van der Waals surface area contributed by atoms with E-state index in [0.29, 0.717) is 39.5 Å². The zero-order chi connectivity index (χ0) is 20.2. The number of hydrogen-bond acceptors (Lipinski definition) is 10. The molecule has 4 rings (SSSR count). The van der Waals surface area contributed by atoms with Crippen LogP contribution in [0.1, 0.15) is 5.56 Å². The molecule has 29 heavy (non-hydrogen) atoms. The van der Waals surface area contributed by atoms with Gasteiger partial charge in [0.15, 0.2) is 11.5 Å². The van der Waals surface area contributed by atoms with E-state index in [0.717, 1.165) is 5.56 Å². The van der Waals surface area contributed by atoms with Gasteiger partial charge in [-0.25, -0.2) is 4.79 Å². The summed E-state index contributed by atoms with van der Waals surface area (Å²) in [6, 6.07) is 8.28. The lowest BCUT2D eigenvalue weighted by Crippen LogP contribution is -2.07. The molecule has 0 saturated heterocycles. The number of ether oxygens (including phenoxy) is 1. The Labute approximate surface area is 169 Å².